The maximum Gasteiger partial charge on any atom is 0.0594 e. The molecule has 0 heterocycles. The highest BCUT2D eigenvalue weighted by Crippen LogP contribution is 2.60. The monoisotopic (exact) mass is 436 g/mol. The second-order valence-electron chi connectivity index (χ2n) is 8.07. The van der Waals surface area contributed by atoms with Crippen LogP contribution < -0.4 is 17.0 Å². The van der Waals surface area contributed by atoms with Crippen molar-refractivity contribution < 1.29 is 17.0 Å². The Balaban J connectivity index is 0. The third-order valence-corrected chi connectivity index (χ3v) is 11.0. The summed E-state index contributed by atoms with van der Waals surface area (Å²) in [5.74, 6) is 0. The molecule has 0 N–H and O–H groups in total. The van der Waals surface area contributed by atoms with Crippen LogP contribution in [0.5, 0.6) is 0 Å². The van der Waals surface area contributed by atoms with Crippen molar-refractivity contribution in [1.82, 2.24) is 0 Å². The van der Waals surface area contributed by atoms with Crippen molar-refractivity contribution in [3.63, 3.8) is 0 Å². The summed E-state index contributed by atoms with van der Waals surface area (Å²) in [5, 5.41) is 0. The highest BCUT2D eigenvalue weighted by Gasteiger charge is 2.33. The zero-order chi connectivity index (χ0) is 17.9. The van der Waals surface area contributed by atoms with Crippen LogP contribution in [-0.2, 0) is 0 Å². The normalized spacial score (nSPS) is 11.5. The molecule has 25 heavy (non-hydrogen) atoms. The SMILES string of the molecule is CCCCCCC[P+](CC)(CCCCCCC)CCCCCCC.[Br-]. The fourth-order valence-corrected chi connectivity index (χ4v) is 8.26. The first-order valence-electron chi connectivity index (χ1n) is 11.6. The molecule has 154 valence electrons. The Morgan fingerprint density at radius 1 is 0.400 bits per heavy atom. The second kappa shape index (κ2) is 21.2. The van der Waals surface area contributed by atoms with Gasteiger partial charge in [0.05, 0.1) is 24.6 Å². The maximum absolute atomic E-state index is 2.53. The Bertz CT molecular complexity index is 206. The fraction of sp³-hybridized carbons (Fsp3) is 1.00. The van der Waals surface area contributed by atoms with Gasteiger partial charge in [-0.15, -0.1) is 0 Å². The number of unbranched alkanes of at least 4 members (excludes halogenated alkanes) is 12. The van der Waals surface area contributed by atoms with Crippen LogP contribution in [0.4, 0.5) is 0 Å². The molecule has 0 aromatic rings. The lowest BCUT2D eigenvalue weighted by molar-refractivity contribution is -0.00000556. The Hall–Kier alpha value is 0.910. The minimum absolute atomic E-state index is 0. The molecule has 0 spiro atoms. The van der Waals surface area contributed by atoms with Gasteiger partial charge in [-0.3, -0.25) is 0 Å². The van der Waals surface area contributed by atoms with Gasteiger partial charge in [-0.2, -0.15) is 0 Å². The van der Waals surface area contributed by atoms with Crippen LogP contribution in [0.3, 0.4) is 0 Å². The summed E-state index contributed by atoms with van der Waals surface area (Å²) >= 11 is 0. The largest absolute Gasteiger partial charge is 1.00 e. The summed E-state index contributed by atoms with van der Waals surface area (Å²) in [7, 11) is -0.623. The van der Waals surface area contributed by atoms with Crippen LogP contribution in [-0.4, -0.2) is 24.6 Å². The lowest BCUT2D eigenvalue weighted by atomic mass is 10.2. The van der Waals surface area contributed by atoms with Gasteiger partial charge < -0.3 is 17.0 Å². The van der Waals surface area contributed by atoms with Gasteiger partial charge in [0.2, 0.25) is 0 Å². The van der Waals surface area contributed by atoms with E-state index in [9.17, 15) is 0 Å². The molecule has 0 aromatic carbocycles. The molecule has 0 aromatic heterocycles. The van der Waals surface area contributed by atoms with E-state index in [0.717, 1.165) is 0 Å². The molecule has 0 saturated heterocycles. The zero-order valence-corrected chi connectivity index (χ0v) is 20.7. The Morgan fingerprint density at radius 3 is 0.920 bits per heavy atom. The molecule has 2 heteroatoms. The highest BCUT2D eigenvalue weighted by atomic mass is 79.9. The van der Waals surface area contributed by atoms with Gasteiger partial charge in [-0.05, 0) is 45.4 Å². The first kappa shape index (κ1) is 28.1. The van der Waals surface area contributed by atoms with Crippen molar-refractivity contribution >= 4 is 7.26 Å². The zero-order valence-electron chi connectivity index (χ0n) is 18.3. The fourth-order valence-electron chi connectivity index (χ4n) is 3.96. The van der Waals surface area contributed by atoms with E-state index in [1.807, 2.05) is 0 Å². The summed E-state index contributed by atoms with van der Waals surface area (Å²) in [6.07, 6.45) is 28.4. The second-order valence-corrected chi connectivity index (χ2v) is 12.7. The molecular weight excluding hydrogens is 387 g/mol. The molecule has 0 fully saturated rings. The van der Waals surface area contributed by atoms with Crippen molar-refractivity contribution in [3.8, 4) is 0 Å². The molecule has 0 unspecified atom stereocenters. The van der Waals surface area contributed by atoms with E-state index in [0.29, 0.717) is 0 Å². The van der Waals surface area contributed by atoms with Crippen molar-refractivity contribution in [2.24, 2.45) is 0 Å². The molecule has 0 amide bonds. The Kier molecular flexibility index (Phi) is 23.9. The predicted molar refractivity (Wildman–Crippen MR) is 118 cm³/mol. The molecule has 0 rings (SSSR count). The average Bonchev–Trinajstić information content (AvgIpc) is 2.60. The minimum Gasteiger partial charge on any atom is -1.00 e. The summed E-state index contributed by atoms with van der Waals surface area (Å²) in [5.41, 5.74) is 0. The van der Waals surface area contributed by atoms with E-state index >= 15 is 0 Å². The van der Waals surface area contributed by atoms with Crippen LogP contribution in [0, 0.1) is 0 Å². The molecule has 0 aliphatic carbocycles. The van der Waals surface area contributed by atoms with Crippen LogP contribution in [0.25, 0.3) is 0 Å². The van der Waals surface area contributed by atoms with Crippen LogP contribution in [0.1, 0.15) is 124 Å². The molecular formula is C23H50BrP. The molecule has 0 atom stereocenters. The van der Waals surface area contributed by atoms with E-state index in [1.165, 1.54) is 102 Å². The van der Waals surface area contributed by atoms with Crippen molar-refractivity contribution in [2.45, 2.75) is 124 Å². The van der Waals surface area contributed by atoms with Gasteiger partial charge in [0, 0.05) is 7.26 Å². The lowest BCUT2D eigenvalue weighted by Gasteiger charge is -2.27. The van der Waals surface area contributed by atoms with Crippen LogP contribution in [0.15, 0.2) is 0 Å². The number of hydrogen-bond donors (Lipinski definition) is 0. The van der Waals surface area contributed by atoms with Gasteiger partial charge in [0.15, 0.2) is 0 Å². The minimum atomic E-state index is -0.623. The van der Waals surface area contributed by atoms with E-state index in [-0.39, 0.29) is 17.0 Å². The maximum atomic E-state index is 2.53. The first-order chi connectivity index (χ1) is 11.7. The average molecular weight is 438 g/mol. The number of halogens is 1. The summed E-state index contributed by atoms with van der Waals surface area (Å²) < 4.78 is 0. The van der Waals surface area contributed by atoms with Gasteiger partial charge in [-0.1, -0.05) is 78.6 Å². The molecule has 0 aliphatic rings. The number of hydrogen-bond acceptors (Lipinski definition) is 0. The van der Waals surface area contributed by atoms with Crippen molar-refractivity contribution in [2.75, 3.05) is 24.6 Å². The molecule has 0 nitrogen and oxygen atoms in total. The smallest absolute Gasteiger partial charge is 0.0594 e. The standard InChI is InChI=1S/C23H50P.BrH/c1-5-9-12-15-18-21-24(8-4,22-19-16-13-10-6-2)23-20-17-14-11-7-3;/h5-23H2,1-4H3;1H/q+1;/p-1. The molecule has 0 aliphatic heterocycles. The van der Waals surface area contributed by atoms with Crippen LogP contribution >= 0.6 is 7.26 Å². The number of rotatable bonds is 19. The van der Waals surface area contributed by atoms with Gasteiger partial charge >= 0.3 is 0 Å². The lowest BCUT2D eigenvalue weighted by Crippen LogP contribution is -3.00. The summed E-state index contributed by atoms with van der Waals surface area (Å²) in [4.78, 5) is 0. The first-order valence-corrected chi connectivity index (χ1v) is 14.1. The van der Waals surface area contributed by atoms with E-state index in [4.69, 9.17) is 0 Å². The van der Waals surface area contributed by atoms with E-state index in [2.05, 4.69) is 27.7 Å². The molecule has 0 saturated carbocycles. The predicted octanol–water partition coefficient (Wildman–Crippen LogP) is 5.94. The Labute approximate surface area is 172 Å². The third-order valence-electron chi connectivity index (χ3n) is 5.88. The van der Waals surface area contributed by atoms with Crippen molar-refractivity contribution in [1.29, 1.82) is 0 Å². The Morgan fingerprint density at radius 2 is 0.680 bits per heavy atom. The topological polar surface area (TPSA) is 0 Å². The van der Waals surface area contributed by atoms with E-state index in [1.54, 1.807) is 18.5 Å². The highest BCUT2D eigenvalue weighted by molar-refractivity contribution is 7.75. The molecule has 0 radical (unpaired) electrons. The molecule has 0 bridgehead atoms. The van der Waals surface area contributed by atoms with E-state index < -0.39 is 7.26 Å². The van der Waals surface area contributed by atoms with Gasteiger partial charge in [0.25, 0.3) is 0 Å². The quantitative estimate of drug-likeness (QED) is 0.173. The summed E-state index contributed by atoms with van der Waals surface area (Å²) in [6, 6.07) is 0. The van der Waals surface area contributed by atoms with Crippen LogP contribution in [0.2, 0.25) is 0 Å². The van der Waals surface area contributed by atoms with Gasteiger partial charge in [0.1, 0.15) is 0 Å². The summed E-state index contributed by atoms with van der Waals surface area (Å²) in [6.45, 7) is 9.51. The van der Waals surface area contributed by atoms with Crippen molar-refractivity contribution in [3.05, 3.63) is 0 Å². The van der Waals surface area contributed by atoms with Gasteiger partial charge in [-0.25, -0.2) is 0 Å². The third kappa shape index (κ3) is 16.8.